The molecule has 6 rings (SSSR count). The predicted octanol–water partition coefficient (Wildman–Crippen LogP) is 6.13. The maximum atomic E-state index is 13.3. The van der Waals surface area contributed by atoms with E-state index >= 15 is 0 Å². The number of hydrazone groups is 1. The SMILES string of the molecule is Cc1nc2ccc(Cl)cc2c(-c2ccccc2)c1C1=NN(C(=O)CCC(=O)O)C(c2ccc3c(c2)OCO3)C1. The molecule has 0 aliphatic carbocycles. The summed E-state index contributed by atoms with van der Waals surface area (Å²) in [5, 5.41) is 16.9. The number of benzene rings is 3. The molecule has 3 heterocycles. The van der Waals surface area contributed by atoms with E-state index in [1.165, 1.54) is 5.01 Å². The molecular formula is C30H24ClN3O5. The number of carboxylic acid groups (broad SMARTS) is 1. The average Bonchev–Trinajstić information content (AvgIpc) is 3.59. The number of pyridine rings is 1. The van der Waals surface area contributed by atoms with E-state index in [-0.39, 0.29) is 25.5 Å². The van der Waals surface area contributed by atoms with Gasteiger partial charge in [-0.25, -0.2) is 5.01 Å². The fourth-order valence-electron chi connectivity index (χ4n) is 5.22. The summed E-state index contributed by atoms with van der Waals surface area (Å²) in [5.74, 6) is -0.170. The highest BCUT2D eigenvalue weighted by atomic mass is 35.5. The zero-order chi connectivity index (χ0) is 27.1. The molecule has 196 valence electrons. The number of carboxylic acids is 1. The first kappa shape index (κ1) is 24.9. The van der Waals surface area contributed by atoms with Gasteiger partial charge in [0.2, 0.25) is 12.7 Å². The van der Waals surface area contributed by atoms with Gasteiger partial charge < -0.3 is 14.6 Å². The van der Waals surface area contributed by atoms with Crippen LogP contribution in [-0.4, -0.2) is 39.5 Å². The molecule has 4 aromatic rings. The number of halogens is 1. The van der Waals surface area contributed by atoms with Crippen molar-refractivity contribution < 1.29 is 24.2 Å². The van der Waals surface area contributed by atoms with Crippen molar-refractivity contribution in [2.45, 2.75) is 32.2 Å². The van der Waals surface area contributed by atoms with Gasteiger partial charge in [-0.1, -0.05) is 48.0 Å². The number of hydrogen-bond acceptors (Lipinski definition) is 6. The number of carbonyl (C=O) groups is 2. The van der Waals surface area contributed by atoms with Gasteiger partial charge in [0, 0.05) is 40.1 Å². The van der Waals surface area contributed by atoms with Crippen LogP contribution >= 0.6 is 11.6 Å². The highest BCUT2D eigenvalue weighted by Crippen LogP contribution is 2.42. The van der Waals surface area contributed by atoms with Crippen LogP contribution in [0.3, 0.4) is 0 Å². The van der Waals surface area contributed by atoms with Crippen LogP contribution in [0.25, 0.3) is 22.0 Å². The predicted molar refractivity (Wildman–Crippen MR) is 147 cm³/mol. The summed E-state index contributed by atoms with van der Waals surface area (Å²) < 4.78 is 11.0. The van der Waals surface area contributed by atoms with E-state index in [9.17, 15) is 14.7 Å². The Morgan fingerprint density at radius 2 is 1.79 bits per heavy atom. The number of aromatic nitrogens is 1. The van der Waals surface area contributed by atoms with Crippen molar-refractivity contribution in [2.75, 3.05) is 6.79 Å². The van der Waals surface area contributed by atoms with Crippen molar-refractivity contribution in [1.29, 1.82) is 0 Å². The molecule has 0 fully saturated rings. The minimum atomic E-state index is -1.04. The van der Waals surface area contributed by atoms with Crippen LogP contribution in [0.1, 0.15) is 42.1 Å². The van der Waals surface area contributed by atoms with Crippen molar-refractivity contribution in [3.63, 3.8) is 0 Å². The van der Waals surface area contributed by atoms with Crippen LogP contribution in [0.2, 0.25) is 5.02 Å². The molecule has 0 bridgehead atoms. The Labute approximate surface area is 229 Å². The molecule has 0 radical (unpaired) electrons. The highest BCUT2D eigenvalue weighted by molar-refractivity contribution is 6.31. The molecule has 0 saturated heterocycles. The molecule has 2 aliphatic rings. The maximum Gasteiger partial charge on any atom is 0.303 e. The van der Waals surface area contributed by atoms with Crippen molar-refractivity contribution >= 4 is 40.1 Å². The number of hydrogen-bond donors (Lipinski definition) is 1. The zero-order valence-electron chi connectivity index (χ0n) is 21.1. The molecule has 2 aliphatic heterocycles. The Hall–Kier alpha value is -4.43. The summed E-state index contributed by atoms with van der Waals surface area (Å²) in [4.78, 5) is 29.4. The summed E-state index contributed by atoms with van der Waals surface area (Å²) >= 11 is 6.42. The summed E-state index contributed by atoms with van der Waals surface area (Å²) in [5.41, 5.74) is 5.82. The number of ether oxygens (including phenoxy) is 2. The lowest BCUT2D eigenvalue weighted by Crippen LogP contribution is -2.27. The first-order chi connectivity index (χ1) is 18.9. The second-order valence-electron chi connectivity index (χ2n) is 9.49. The lowest BCUT2D eigenvalue weighted by molar-refractivity contribution is -0.141. The molecular weight excluding hydrogens is 518 g/mol. The van der Waals surface area contributed by atoms with E-state index in [1.807, 2.05) is 73.7 Å². The number of amides is 1. The van der Waals surface area contributed by atoms with E-state index in [0.717, 1.165) is 38.9 Å². The van der Waals surface area contributed by atoms with Gasteiger partial charge in [-0.15, -0.1) is 0 Å². The lowest BCUT2D eigenvalue weighted by atomic mass is 9.89. The third kappa shape index (κ3) is 4.68. The molecule has 0 saturated carbocycles. The summed E-state index contributed by atoms with van der Waals surface area (Å²) in [6.45, 7) is 2.07. The Kier molecular flexibility index (Phi) is 6.40. The van der Waals surface area contributed by atoms with Crippen LogP contribution in [0.15, 0.2) is 71.8 Å². The normalized spacial score (nSPS) is 16.0. The Morgan fingerprint density at radius 3 is 2.59 bits per heavy atom. The van der Waals surface area contributed by atoms with Crippen LogP contribution in [0, 0.1) is 6.92 Å². The second kappa shape index (κ2) is 10.0. The molecule has 0 spiro atoms. The molecule has 1 atom stereocenters. The Balaban J connectivity index is 1.51. The highest BCUT2D eigenvalue weighted by Gasteiger charge is 2.36. The smallest absolute Gasteiger partial charge is 0.303 e. The third-order valence-corrected chi connectivity index (χ3v) is 7.21. The lowest BCUT2D eigenvalue weighted by Gasteiger charge is -2.22. The maximum absolute atomic E-state index is 13.3. The largest absolute Gasteiger partial charge is 0.481 e. The molecule has 1 amide bonds. The number of aliphatic carboxylic acids is 1. The van der Waals surface area contributed by atoms with Gasteiger partial charge in [-0.3, -0.25) is 14.6 Å². The first-order valence-electron chi connectivity index (χ1n) is 12.6. The van der Waals surface area contributed by atoms with Crippen LogP contribution in [0.5, 0.6) is 11.5 Å². The van der Waals surface area contributed by atoms with E-state index in [0.29, 0.717) is 28.7 Å². The van der Waals surface area contributed by atoms with Gasteiger partial charge >= 0.3 is 5.97 Å². The summed E-state index contributed by atoms with van der Waals surface area (Å²) in [6.07, 6.45) is -0.0332. The summed E-state index contributed by atoms with van der Waals surface area (Å²) in [6, 6.07) is 20.7. The fraction of sp³-hybridized carbons (Fsp3) is 0.200. The fourth-order valence-corrected chi connectivity index (χ4v) is 5.39. The third-order valence-electron chi connectivity index (χ3n) is 6.98. The zero-order valence-corrected chi connectivity index (χ0v) is 21.8. The van der Waals surface area contributed by atoms with E-state index in [1.54, 1.807) is 0 Å². The standard InChI is InChI=1S/C30H24ClN3O5/c1-17-29(30(18-5-3-2-4-6-18)21-14-20(31)8-9-22(21)32-17)23-15-24(34(33-23)27(35)11-12-28(36)37)19-7-10-25-26(13-19)39-16-38-25/h2-10,13-14,24H,11-12,15-16H2,1H3,(H,36,37). The van der Waals surface area contributed by atoms with E-state index in [4.69, 9.17) is 31.2 Å². The number of carbonyl (C=O) groups excluding carboxylic acids is 1. The molecule has 39 heavy (non-hydrogen) atoms. The topological polar surface area (TPSA) is 101 Å². The average molecular weight is 542 g/mol. The Bertz CT molecular complexity index is 1650. The first-order valence-corrected chi connectivity index (χ1v) is 12.9. The van der Waals surface area contributed by atoms with Crippen LogP contribution < -0.4 is 9.47 Å². The minimum Gasteiger partial charge on any atom is -0.481 e. The number of aryl methyl sites for hydroxylation is 1. The van der Waals surface area contributed by atoms with Gasteiger partial charge in [0.15, 0.2) is 11.5 Å². The van der Waals surface area contributed by atoms with E-state index < -0.39 is 12.0 Å². The van der Waals surface area contributed by atoms with Gasteiger partial charge in [-0.2, -0.15) is 5.10 Å². The molecule has 9 heteroatoms. The number of fused-ring (bicyclic) bond motifs is 2. The molecule has 1 unspecified atom stereocenters. The molecule has 1 aromatic heterocycles. The van der Waals surface area contributed by atoms with Crippen LogP contribution in [0.4, 0.5) is 0 Å². The van der Waals surface area contributed by atoms with Gasteiger partial charge in [-0.05, 0) is 48.4 Å². The Morgan fingerprint density at radius 1 is 1.00 bits per heavy atom. The van der Waals surface area contributed by atoms with E-state index in [2.05, 4.69) is 0 Å². The van der Waals surface area contributed by atoms with Crippen molar-refractivity contribution in [3.8, 4) is 22.6 Å². The monoisotopic (exact) mass is 541 g/mol. The van der Waals surface area contributed by atoms with Crippen LogP contribution in [-0.2, 0) is 9.59 Å². The quantitative estimate of drug-likeness (QED) is 0.315. The summed E-state index contributed by atoms with van der Waals surface area (Å²) in [7, 11) is 0. The molecule has 3 aromatic carbocycles. The van der Waals surface area contributed by atoms with Gasteiger partial charge in [0.25, 0.3) is 0 Å². The minimum absolute atomic E-state index is 0.136. The number of nitrogens with zero attached hydrogens (tertiary/aromatic N) is 3. The van der Waals surface area contributed by atoms with Crippen molar-refractivity contribution in [2.24, 2.45) is 5.10 Å². The van der Waals surface area contributed by atoms with Gasteiger partial charge in [0.1, 0.15) is 0 Å². The molecule has 1 N–H and O–H groups in total. The van der Waals surface area contributed by atoms with Crippen molar-refractivity contribution in [1.82, 2.24) is 9.99 Å². The van der Waals surface area contributed by atoms with Crippen molar-refractivity contribution in [3.05, 3.63) is 88.6 Å². The molecule has 8 nitrogen and oxygen atoms in total. The number of rotatable bonds is 6. The van der Waals surface area contributed by atoms with Gasteiger partial charge in [0.05, 0.1) is 23.7 Å². The second-order valence-corrected chi connectivity index (χ2v) is 9.92.